The molecule has 0 radical (unpaired) electrons. The number of aryl methyl sites for hydroxylation is 1. The van der Waals surface area contributed by atoms with E-state index in [0.29, 0.717) is 66.2 Å². The first-order valence-corrected chi connectivity index (χ1v) is 29.7. The Balaban J connectivity index is 0.628. The number of carbonyl (C=O) groups excluding carboxylic acids is 2. The van der Waals surface area contributed by atoms with Gasteiger partial charge in [0.15, 0.2) is 17.4 Å². The van der Waals surface area contributed by atoms with E-state index in [1.165, 1.54) is 29.2 Å². The SMILES string of the molecule is C#Cc1c(F)ccc2cc(O)cc(-c3ncc4c(N5CC6CCC(C5)N6)nc(OCCN5CCC(CCC6CN(c7cc([C@H](C(=O)N8C[C@H](O)C[C@H]8C(=O)N[C@@H](C)c8ccc(-c9scnc9C)cc8)C(C)C)on7)C6)CC5)nc4c3F)c12. The molecule has 9 heterocycles. The van der Waals surface area contributed by atoms with Crippen LogP contribution in [-0.4, -0.2) is 140 Å². The first-order valence-electron chi connectivity index (χ1n) is 28.8. The maximum absolute atomic E-state index is 17.1. The Labute approximate surface area is 479 Å². The molecule has 82 heavy (non-hydrogen) atoms. The second kappa shape index (κ2) is 23.1. The van der Waals surface area contributed by atoms with Gasteiger partial charge in [0.25, 0.3) is 0 Å². The molecule has 5 aliphatic heterocycles. The number of aliphatic hydroxyl groups is 1. The monoisotopic (exact) mass is 1130 g/mol. The second-order valence-electron chi connectivity index (χ2n) is 23.5. The van der Waals surface area contributed by atoms with Gasteiger partial charge < -0.3 is 44.8 Å². The fourth-order valence-corrected chi connectivity index (χ4v) is 13.9. The number of hydrogen-bond acceptors (Lipinski definition) is 16. The summed E-state index contributed by atoms with van der Waals surface area (Å²) in [4.78, 5) is 56.0. The molecule has 0 aliphatic carbocycles. The number of anilines is 2. The lowest BCUT2D eigenvalue weighted by molar-refractivity contribution is -0.141. The molecule has 5 fully saturated rings. The third-order valence-electron chi connectivity index (χ3n) is 17.6. The molecule has 4 N–H and O–H groups in total. The van der Waals surface area contributed by atoms with E-state index in [1.807, 2.05) is 63.5 Å². The molecule has 0 spiro atoms. The van der Waals surface area contributed by atoms with Crippen LogP contribution in [0.5, 0.6) is 11.8 Å². The van der Waals surface area contributed by atoms with Gasteiger partial charge in [-0.15, -0.1) is 17.8 Å². The smallest absolute Gasteiger partial charge is 0.319 e. The van der Waals surface area contributed by atoms with E-state index >= 15 is 8.78 Å². The number of pyridine rings is 1. The maximum atomic E-state index is 17.1. The zero-order chi connectivity index (χ0) is 56.9. The highest BCUT2D eigenvalue weighted by Gasteiger charge is 2.44. The van der Waals surface area contributed by atoms with Gasteiger partial charge in [-0.3, -0.25) is 19.5 Å². The zero-order valence-electron chi connectivity index (χ0n) is 46.7. The number of carbonyl (C=O) groups is 2. The van der Waals surface area contributed by atoms with E-state index in [-0.39, 0.29) is 88.3 Å². The number of fused-ring (bicyclic) bond motifs is 4. The lowest BCUT2D eigenvalue weighted by Gasteiger charge is -2.40. The van der Waals surface area contributed by atoms with Gasteiger partial charge in [-0.1, -0.05) is 55.3 Å². The quantitative estimate of drug-likeness (QED) is 0.0631. The highest BCUT2D eigenvalue weighted by Crippen LogP contribution is 2.41. The third-order valence-corrected chi connectivity index (χ3v) is 18.6. The van der Waals surface area contributed by atoms with Crippen molar-refractivity contribution >= 4 is 56.5 Å². The number of rotatable bonds is 17. The van der Waals surface area contributed by atoms with Crippen LogP contribution in [0.15, 0.2) is 70.8 Å². The van der Waals surface area contributed by atoms with Gasteiger partial charge in [-0.05, 0) is 118 Å². The van der Waals surface area contributed by atoms with Crippen molar-refractivity contribution in [2.45, 2.75) is 109 Å². The number of amides is 2. The van der Waals surface area contributed by atoms with E-state index in [1.54, 1.807) is 17.5 Å². The summed E-state index contributed by atoms with van der Waals surface area (Å²) in [5, 5.41) is 33.8. The number of piperidine rings is 1. The molecule has 2 amide bonds. The number of ether oxygens (including phenoxy) is 1. The van der Waals surface area contributed by atoms with Crippen LogP contribution in [0.25, 0.3) is 43.4 Å². The summed E-state index contributed by atoms with van der Waals surface area (Å²) < 4.78 is 44.3. The van der Waals surface area contributed by atoms with Crippen molar-refractivity contribution in [1.29, 1.82) is 0 Å². The number of benzene rings is 3. The van der Waals surface area contributed by atoms with Crippen molar-refractivity contribution in [2.75, 3.05) is 68.8 Å². The van der Waals surface area contributed by atoms with Gasteiger partial charge >= 0.3 is 6.01 Å². The Morgan fingerprint density at radius 1 is 0.939 bits per heavy atom. The van der Waals surface area contributed by atoms with Crippen molar-refractivity contribution in [3.8, 4) is 45.8 Å². The number of aliphatic hydroxyl groups excluding tert-OH is 1. The van der Waals surface area contributed by atoms with Crippen LogP contribution in [-0.2, 0) is 9.59 Å². The van der Waals surface area contributed by atoms with Crippen LogP contribution >= 0.6 is 11.3 Å². The average Bonchev–Trinajstić information content (AvgIpc) is 3.25. The van der Waals surface area contributed by atoms with Crippen molar-refractivity contribution in [1.82, 2.24) is 45.5 Å². The molecule has 20 heteroatoms. The minimum Gasteiger partial charge on any atom is -0.508 e. The first-order chi connectivity index (χ1) is 39.7. The number of halogens is 2. The summed E-state index contributed by atoms with van der Waals surface area (Å²) >= 11 is 1.59. The number of hydrogen-bond donors (Lipinski definition) is 4. The summed E-state index contributed by atoms with van der Waals surface area (Å²) in [5.74, 6) is 2.31. The van der Waals surface area contributed by atoms with Crippen molar-refractivity contribution in [2.24, 2.45) is 17.8 Å². The minimum atomic E-state index is -0.822. The predicted octanol–water partition coefficient (Wildman–Crippen LogP) is 8.76. The van der Waals surface area contributed by atoms with Gasteiger partial charge in [0.2, 0.25) is 11.8 Å². The molecule has 7 aromatic rings. The molecule has 3 aromatic carbocycles. The fourth-order valence-electron chi connectivity index (χ4n) is 13.1. The van der Waals surface area contributed by atoms with Crippen LogP contribution < -0.4 is 25.2 Å². The standard InChI is InChI=1S/C62H69F2N11O6S/c1-6-46-49(63)16-13-41-23-44(76)24-47(54(41)46)56-55(64)57-48(27-65-56)59(74-30-42-14-15-43(31-74)68-42)70-62(69-57)80-22-21-72-19-17-37(18-20-72)7-8-38-28-73(29-38)52-26-51(81-71-52)53(34(2)3)61(79)75-32-45(77)25-50(75)60(78)67-35(4)39-9-11-40(12-10-39)58-36(5)66-33-82-58/h1,9-13,16,23-24,26-27,33-35,37-38,42-43,45,50,53,68,76-77H,7-8,14-15,17-22,25,28-32H2,2-5H3,(H,67,78)/t35-,42?,43?,45+,50-,53+/m0/s1. The highest BCUT2D eigenvalue weighted by atomic mass is 32.1. The Bertz CT molecular complexity index is 3550. The molecule has 4 aromatic heterocycles. The van der Waals surface area contributed by atoms with Crippen LogP contribution in [0.2, 0.25) is 0 Å². The third kappa shape index (κ3) is 11.1. The fraction of sp³-hybridized carbons (Fsp3) is 0.468. The Kier molecular flexibility index (Phi) is 15.6. The summed E-state index contributed by atoms with van der Waals surface area (Å²) in [7, 11) is 0. The molecule has 17 nitrogen and oxygen atoms in total. The largest absolute Gasteiger partial charge is 0.508 e. The second-order valence-corrected chi connectivity index (χ2v) is 24.4. The molecule has 0 saturated carbocycles. The number of thiazole rings is 1. The lowest BCUT2D eigenvalue weighted by atomic mass is 9.86. The number of aromatic hydroxyl groups is 1. The Hall–Kier alpha value is -7.31. The van der Waals surface area contributed by atoms with E-state index in [9.17, 15) is 19.8 Å². The number of phenols is 1. The van der Waals surface area contributed by atoms with Gasteiger partial charge in [0.05, 0.1) is 39.2 Å². The van der Waals surface area contributed by atoms with E-state index in [4.69, 9.17) is 20.7 Å². The molecule has 12 rings (SSSR count). The summed E-state index contributed by atoms with van der Waals surface area (Å²) in [6.45, 7) is 13.8. The first kappa shape index (κ1) is 55.2. The summed E-state index contributed by atoms with van der Waals surface area (Å²) in [5.41, 5.74) is 4.81. The highest BCUT2D eigenvalue weighted by molar-refractivity contribution is 7.13. The van der Waals surface area contributed by atoms with Gasteiger partial charge in [0.1, 0.15) is 47.2 Å². The molecular formula is C62H69F2N11O6S. The number of nitrogens with zero attached hydrogens (tertiary/aromatic N) is 9. The number of piperazine rings is 1. The Morgan fingerprint density at radius 2 is 1.70 bits per heavy atom. The van der Waals surface area contributed by atoms with Crippen molar-refractivity contribution in [3.05, 3.63) is 101 Å². The number of β-amino-alcohol motifs (C(OH)–C–C–N with tert-alkyl or cyclic N) is 1. The predicted molar refractivity (Wildman–Crippen MR) is 311 cm³/mol. The van der Waals surface area contributed by atoms with E-state index < -0.39 is 29.7 Å². The molecule has 2 bridgehead atoms. The van der Waals surface area contributed by atoms with Crippen LogP contribution in [0, 0.1) is 48.7 Å². The minimum absolute atomic E-state index is 0.0169. The van der Waals surface area contributed by atoms with Crippen LogP contribution in [0.1, 0.15) is 100 Å². The normalized spacial score (nSPS) is 21.3. The molecule has 2 unspecified atom stereocenters. The number of terminal acetylenes is 1. The summed E-state index contributed by atoms with van der Waals surface area (Å²) in [6, 6.07) is 14.9. The van der Waals surface area contributed by atoms with Crippen molar-refractivity contribution in [3.63, 3.8) is 0 Å². The number of phenolic OH excluding ortho intramolecular Hbond substituents is 1. The molecule has 428 valence electrons. The lowest BCUT2D eigenvalue weighted by Crippen LogP contribution is -2.51. The summed E-state index contributed by atoms with van der Waals surface area (Å²) in [6.07, 6.45) is 13.1. The molecule has 6 atom stereocenters. The van der Waals surface area contributed by atoms with Gasteiger partial charge in [-0.2, -0.15) is 9.97 Å². The molecular weight excluding hydrogens is 1060 g/mol. The molecule has 5 aliphatic rings. The van der Waals surface area contributed by atoms with Crippen molar-refractivity contribution < 1.29 is 37.8 Å². The van der Waals surface area contributed by atoms with Crippen LogP contribution in [0.3, 0.4) is 0 Å². The van der Waals surface area contributed by atoms with E-state index in [2.05, 4.69) is 51.4 Å². The zero-order valence-corrected chi connectivity index (χ0v) is 47.5. The number of likely N-dealkylation sites (tertiary alicyclic amines) is 2. The number of nitrogens with one attached hydrogen (secondary N) is 2. The maximum Gasteiger partial charge on any atom is 0.319 e. The Morgan fingerprint density at radius 3 is 2.41 bits per heavy atom. The topological polar surface area (TPSA) is 198 Å². The van der Waals surface area contributed by atoms with Gasteiger partial charge in [0, 0.05) is 81.0 Å². The van der Waals surface area contributed by atoms with Crippen LogP contribution in [0.4, 0.5) is 20.4 Å². The van der Waals surface area contributed by atoms with E-state index in [0.717, 1.165) is 86.4 Å². The van der Waals surface area contributed by atoms with Gasteiger partial charge in [-0.25, -0.2) is 13.8 Å². The average molecular weight is 1130 g/mol. The number of aromatic nitrogens is 5. The molecule has 5 saturated heterocycles.